The van der Waals surface area contributed by atoms with E-state index < -0.39 is 20.6 Å². The Hall–Kier alpha value is -2.62. The summed E-state index contributed by atoms with van der Waals surface area (Å²) in [6.45, 7) is 7.42. The van der Waals surface area contributed by atoms with Gasteiger partial charge in [-0.3, -0.25) is 14.6 Å². The Kier molecular flexibility index (Phi) is 9.68. The molecule has 2 heterocycles. The number of ether oxygens (including phenoxy) is 3. The summed E-state index contributed by atoms with van der Waals surface area (Å²) < 4.78 is 42.3. The second-order valence-electron chi connectivity index (χ2n) is 10.1. The molecule has 2 aliphatic heterocycles. The molecule has 0 aromatic heterocycles. The first-order chi connectivity index (χ1) is 18.4. The van der Waals surface area contributed by atoms with Crippen molar-refractivity contribution in [3.63, 3.8) is 0 Å². The van der Waals surface area contributed by atoms with Gasteiger partial charge < -0.3 is 14.2 Å². The van der Waals surface area contributed by atoms with Gasteiger partial charge in [0, 0.05) is 26.2 Å². The number of carbonyl (C=O) groups excluding carboxylic acids is 1. The second kappa shape index (κ2) is 13.0. The maximum absolute atomic E-state index is 13.7. The van der Waals surface area contributed by atoms with Gasteiger partial charge in [0.15, 0.2) is 14.6 Å². The quantitative estimate of drug-likeness (QED) is 0.394. The minimum atomic E-state index is -3.97. The van der Waals surface area contributed by atoms with Gasteiger partial charge in [-0.2, -0.15) is 0 Å². The molecule has 2 saturated heterocycles. The standard InChI is InChI=1S/C29H40N2O6S/c1-3-36-28(32)29(38(33,34)27-13-11-25(35-2)12-14-27)15-19-31(20-16-29)23-24-7-9-26(10-8-24)37-22-21-30-17-5-4-6-18-30/h7-14H,3-6,15-23H2,1-2H3. The SMILES string of the molecule is CCOC(=O)C1(S(=O)(=O)c2ccc(OC)cc2)CCN(Cc2ccc(OCCN3CCCCC3)cc2)CC1. The average molecular weight is 545 g/mol. The number of benzene rings is 2. The van der Waals surface area contributed by atoms with Crippen LogP contribution in [0, 0.1) is 0 Å². The molecule has 0 aliphatic carbocycles. The Bertz CT molecular complexity index is 1140. The molecule has 0 bridgehead atoms. The molecule has 208 valence electrons. The third-order valence-corrected chi connectivity index (χ3v) is 10.1. The van der Waals surface area contributed by atoms with E-state index in [9.17, 15) is 13.2 Å². The van der Waals surface area contributed by atoms with Gasteiger partial charge in [0.25, 0.3) is 0 Å². The summed E-state index contributed by atoms with van der Waals surface area (Å²) in [6.07, 6.45) is 4.24. The maximum Gasteiger partial charge on any atom is 0.327 e. The van der Waals surface area contributed by atoms with Crippen LogP contribution in [0.3, 0.4) is 0 Å². The Morgan fingerprint density at radius 3 is 2.11 bits per heavy atom. The lowest BCUT2D eigenvalue weighted by molar-refractivity contribution is -0.147. The van der Waals surface area contributed by atoms with Gasteiger partial charge >= 0.3 is 5.97 Å². The van der Waals surface area contributed by atoms with Crippen molar-refractivity contribution in [3.05, 3.63) is 54.1 Å². The van der Waals surface area contributed by atoms with Crippen molar-refractivity contribution < 1.29 is 27.4 Å². The van der Waals surface area contributed by atoms with E-state index in [2.05, 4.69) is 21.9 Å². The van der Waals surface area contributed by atoms with Crippen LogP contribution in [-0.2, 0) is 25.9 Å². The fourth-order valence-corrected chi connectivity index (χ4v) is 7.27. The van der Waals surface area contributed by atoms with E-state index in [1.807, 2.05) is 12.1 Å². The van der Waals surface area contributed by atoms with Gasteiger partial charge in [-0.15, -0.1) is 0 Å². The number of sulfone groups is 1. The van der Waals surface area contributed by atoms with Crippen LogP contribution in [0.5, 0.6) is 11.5 Å². The highest BCUT2D eigenvalue weighted by Gasteiger charge is 2.54. The van der Waals surface area contributed by atoms with E-state index in [0.29, 0.717) is 32.0 Å². The number of hydrogen-bond donors (Lipinski definition) is 0. The predicted molar refractivity (Wildman–Crippen MR) is 146 cm³/mol. The molecule has 0 atom stereocenters. The predicted octanol–water partition coefficient (Wildman–Crippen LogP) is 3.93. The summed E-state index contributed by atoms with van der Waals surface area (Å²) in [4.78, 5) is 17.8. The molecule has 2 aromatic carbocycles. The smallest absolute Gasteiger partial charge is 0.327 e. The number of rotatable bonds is 11. The number of methoxy groups -OCH3 is 1. The van der Waals surface area contributed by atoms with Gasteiger partial charge in [0.1, 0.15) is 18.1 Å². The molecule has 4 rings (SSSR count). The zero-order valence-corrected chi connectivity index (χ0v) is 23.4. The van der Waals surface area contributed by atoms with Crippen LogP contribution in [0.25, 0.3) is 0 Å². The van der Waals surface area contributed by atoms with Crippen LogP contribution < -0.4 is 9.47 Å². The van der Waals surface area contributed by atoms with Crippen LogP contribution in [0.2, 0.25) is 0 Å². The van der Waals surface area contributed by atoms with Gasteiger partial charge in [0.2, 0.25) is 0 Å². The molecule has 0 N–H and O–H groups in total. The molecule has 0 spiro atoms. The summed E-state index contributed by atoms with van der Waals surface area (Å²) in [6, 6.07) is 14.3. The second-order valence-corrected chi connectivity index (χ2v) is 12.3. The average Bonchev–Trinajstić information content (AvgIpc) is 2.95. The lowest BCUT2D eigenvalue weighted by Crippen LogP contribution is -2.54. The molecular formula is C29H40N2O6S. The van der Waals surface area contributed by atoms with Crippen molar-refractivity contribution in [2.75, 3.05) is 53.0 Å². The molecule has 0 amide bonds. The first-order valence-electron chi connectivity index (χ1n) is 13.6. The highest BCUT2D eigenvalue weighted by molar-refractivity contribution is 7.93. The van der Waals surface area contributed by atoms with E-state index in [4.69, 9.17) is 14.2 Å². The van der Waals surface area contributed by atoms with Crippen molar-refractivity contribution in [1.29, 1.82) is 0 Å². The Morgan fingerprint density at radius 2 is 1.50 bits per heavy atom. The first kappa shape index (κ1) is 28.4. The fourth-order valence-electron chi connectivity index (χ4n) is 5.32. The number of nitrogens with zero attached hydrogens (tertiary/aromatic N) is 2. The third kappa shape index (κ3) is 6.50. The summed E-state index contributed by atoms with van der Waals surface area (Å²) in [5.74, 6) is 0.750. The Morgan fingerprint density at radius 1 is 0.868 bits per heavy atom. The molecule has 0 saturated carbocycles. The van der Waals surface area contributed by atoms with E-state index in [0.717, 1.165) is 30.9 Å². The Balaban J connectivity index is 1.36. The molecule has 8 nitrogen and oxygen atoms in total. The van der Waals surface area contributed by atoms with Crippen LogP contribution in [0.15, 0.2) is 53.4 Å². The van der Waals surface area contributed by atoms with E-state index in [1.165, 1.54) is 38.5 Å². The molecule has 2 aromatic rings. The highest BCUT2D eigenvalue weighted by atomic mass is 32.2. The molecule has 9 heteroatoms. The summed E-state index contributed by atoms with van der Waals surface area (Å²) in [5.41, 5.74) is 1.12. The summed E-state index contributed by atoms with van der Waals surface area (Å²) in [7, 11) is -2.44. The number of carbonyl (C=O) groups is 1. The van der Waals surface area contributed by atoms with Crippen molar-refractivity contribution in [3.8, 4) is 11.5 Å². The van der Waals surface area contributed by atoms with Crippen molar-refractivity contribution in [2.45, 2.75) is 55.2 Å². The minimum Gasteiger partial charge on any atom is -0.497 e. The van der Waals surface area contributed by atoms with E-state index in [1.54, 1.807) is 19.1 Å². The molecule has 2 aliphatic rings. The third-order valence-electron chi connectivity index (χ3n) is 7.65. The highest BCUT2D eigenvalue weighted by Crippen LogP contribution is 2.37. The van der Waals surface area contributed by atoms with Crippen LogP contribution >= 0.6 is 0 Å². The number of likely N-dealkylation sites (tertiary alicyclic amines) is 2. The summed E-state index contributed by atoms with van der Waals surface area (Å²) >= 11 is 0. The van der Waals surface area contributed by atoms with Crippen LogP contribution in [0.4, 0.5) is 0 Å². The maximum atomic E-state index is 13.7. The number of piperidine rings is 2. The van der Waals surface area contributed by atoms with Gasteiger partial charge in [0.05, 0.1) is 18.6 Å². The molecule has 2 fully saturated rings. The minimum absolute atomic E-state index is 0.107. The van der Waals surface area contributed by atoms with Crippen molar-refractivity contribution in [2.24, 2.45) is 0 Å². The van der Waals surface area contributed by atoms with Crippen molar-refractivity contribution >= 4 is 15.8 Å². The first-order valence-corrected chi connectivity index (χ1v) is 15.1. The van der Waals surface area contributed by atoms with E-state index >= 15 is 0 Å². The van der Waals surface area contributed by atoms with Gasteiger partial charge in [-0.1, -0.05) is 18.6 Å². The number of esters is 1. The molecular weight excluding hydrogens is 504 g/mol. The topological polar surface area (TPSA) is 85.4 Å². The zero-order chi connectivity index (χ0) is 27.0. The largest absolute Gasteiger partial charge is 0.497 e. The van der Waals surface area contributed by atoms with Crippen LogP contribution in [0.1, 0.15) is 44.6 Å². The Labute approximate surface area is 226 Å². The monoisotopic (exact) mass is 544 g/mol. The van der Waals surface area contributed by atoms with Gasteiger partial charge in [-0.25, -0.2) is 8.42 Å². The fraction of sp³-hybridized carbons (Fsp3) is 0.552. The molecule has 0 radical (unpaired) electrons. The van der Waals surface area contributed by atoms with Crippen LogP contribution in [-0.4, -0.2) is 82.0 Å². The molecule has 38 heavy (non-hydrogen) atoms. The van der Waals surface area contributed by atoms with Crippen molar-refractivity contribution in [1.82, 2.24) is 9.80 Å². The lowest BCUT2D eigenvalue weighted by Gasteiger charge is -2.39. The zero-order valence-electron chi connectivity index (χ0n) is 22.6. The molecule has 0 unspecified atom stereocenters. The lowest BCUT2D eigenvalue weighted by atomic mass is 9.95. The normalized spacial score (nSPS) is 18.6. The number of hydrogen-bond acceptors (Lipinski definition) is 8. The van der Waals surface area contributed by atoms with Gasteiger partial charge in [-0.05, 0) is 87.7 Å². The van der Waals surface area contributed by atoms with E-state index in [-0.39, 0.29) is 24.3 Å². The summed E-state index contributed by atoms with van der Waals surface area (Å²) in [5, 5.41) is 0.